The predicted octanol–water partition coefficient (Wildman–Crippen LogP) is 3.47. The number of carbonyl (C=O) groups is 1. The fraction of sp³-hybridized carbons (Fsp3) is 0.412. The van der Waals surface area contributed by atoms with E-state index in [2.05, 4.69) is 53.2 Å². The van der Waals surface area contributed by atoms with Gasteiger partial charge in [-0.1, -0.05) is 0 Å². The van der Waals surface area contributed by atoms with E-state index in [1.807, 2.05) is 6.92 Å². The molecule has 0 aromatic carbocycles. The normalized spacial score (nSPS) is 15.2. The topological polar surface area (TPSA) is 97.3 Å². The molecule has 1 fully saturated rings. The Kier molecular flexibility index (Phi) is 4.13. The lowest BCUT2D eigenvalue weighted by Crippen LogP contribution is -2.27. The van der Waals surface area contributed by atoms with Gasteiger partial charge in [0.05, 0.1) is 46.6 Å². The third-order valence-corrected chi connectivity index (χ3v) is 6.20. The maximum absolute atomic E-state index is 12.8. The van der Waals surface area contributed by atoms with Gasteiger partial charge in [0.25, 0.3) is 5.91 Å². The molecule has 0 bridgehead atoms. The lowest BCUT2D eigenvalue weighted by Gasteiger charge is -2.23. The summed E-state index contributed by atoms with van der Waals surface area (Å²) in [5.41, 5.74) is 0.913. The van der Waals surface area contributed by atoms with Crippen molar-refractivity contribution in [1.82, 2.24) is 20.3 Å². The molecular weight excluding hydrogens is 449 g/mol. The number of hydrogen-bond acceptors (Lipinski definition) is 7. The van der Waals surface area contributed by atoms with E-state index >= 15 is 0 Å². The van der Waals surface area contributed by atoms with Crippen molar-refractivity contribution in [2.24, 2.45) is 0 Å². The Morgan fingerprint density at radius 1 is 1.31 bits per heavy atom. The molecule has 8 nitrogen and oxygen atoms in total. The summed E-state index contributed by atoms with van der Waals surface area (Å²) in [7, 11) is 0. The fourth-order valence-electron chi connectivity index (χ4n) is 2.81. The maximum Gasteiger partial charge on any atom is 0.256 e. The average Bonchev–Trinajstić information content (AvgIpc) is 3.07. The van der Waals surface area contributed by atoms with Gasteiger partial charge in [0, 0.05) is 5.54 Å². The van der Waals surface area contributed by atoms with E-state index in [9.17, 15) is 4.79 Å². The lowest BCUT2D eigenvalue weighted by molar-refractivity contribution is 0.0947. The van der Waals surface area contributed by atoms with Crippen molar-refractivity contribution >= 4 is 45.7 Å². The smallest absolute Gasteiger partial charge is 0.256 e. The molecule has 1 N–H and O–H groups in total. The van der Waals surface area contributed by atoms with E-state index in [0.717, 1.165) is 12.8 Å². The molecular formula is C17H18IN5O3. The summed E-state index contributed by atoms with van der Waals surface area (Å²) in [6, 6.07) is 0. The first-order valence-corrected chi connectivity index (χ1v) is 9.25. The third kappa shape index (κ3) is 2.93. The van der Waals surface area contributed by atoms with Crippen molar-refractivity contribution < 1.29 is 13.6 Å². The van der Waals surface area contributed by atoms with Gasteiger partial charge in [-0.25, -0.2) is 15.0 Å². The molecule has 136 valence electrons. The molecule has 1 aliphatic carbocycles. The molecule has 9 heteroatoms. The van der Waals surface area contributed by atoms with Crippen molar-refractivity contribution in [3.63, 3.8) is 0 Å². The summed E-state index contributed by atoms with van der Waals surface area (Å²) in [4.78, 5) is 25.6. The van der Waals surface area contributed by atoms with E-state index in [4.69, 9.17) is 8.83 Å². The number of carbonyl (C=O) groups excluding carboxylic acids is 1. The van der Waals surface area contributed by atoms with Gasteiger partial charge in [-0.2, -0.15) is 0 Å². The number of halogens is 1. The van der Waals surface area contributed by atoms with Crippen LogP contribution in [0.25, 0.3) is 11.1 Å². The molecule has 0 saturated heterocycles. The van der Waals surface area contributed by atoms with Crippen LogP contribution in [0.2, 0.25) is 0 Å². The van der Waals surface area contributed by atoms with Crippen molar-refractivity contribution in [2.45, 2.75) is 45.7 Å². The number of nitrogens with zero attached hydrogens (tertiary/aromatic N) is 4. The zero-order chi connectivity index (χ0) is 18.5. The summed E-state index contributed by atoms with van der Waals surface area (Å²) in [6.45, 7) is 5.94. The van der Waals surface area contributed by atoms with Crippen LogP contribution in [0, 0.1) is 13.8 Å². The number of anilines is 1. The Balaban J connectivity index is 1.69. The van der Waals surface area contributed by atoms with Gasteiger partial charge in [0.2, 0.25) is 11.6 Å². The van der Waals surface area contributed by atoms with Crippen LogP contribution in [-0.2, 0) is 6.54 Å². The average molecular weight is 467 g/mol. The second kappa shape index (κ2) is 6.22. The SMILES string of the molecule is Cc1cnc(CNC(=O)c2c(C)oc3ncnc(N(I)C4(C)CC4)c23)o1. The highest BCUT2D eigenvalue weighted by Crippen LogP contribution is 2.47. The summed E-state index contributed by atoms with van der Waals surface area (Å²) in [6.07, 6.45) is 5.26. The van der Waals surface area contributed by atoms with Crippen molar-refractivity contribution in [3.8, 4) is 0 Å². The molecule has 0 aliphatic heterocycles. The molecule has 3 heterocycles. The van der Waals surface area contributed by atoms with Crippen molar-refractivity contribution in [3.05, 3.63) is 35.5 Å². The van der Waals surface area contributed by atoms with E-state index < -0.39 is 0 Å². The second-order valence-electron chi connectivity index (χ2n) is 6.74. The maximum atomic E-state index is 12.8. The number of furan rings is 1. The van der Waals surface area contributed by atoms with Crippen molar-refractivity contribution in [2.75, 3.05) is 3.11 Å². The minimum absolute atomic E-state index is 0.0520. The van der Waals surface area contributed by atoms with E-state index in [1.54, 1.807) is 13.1 Å². The summed E-state index contributed by atoms with van der Waals surface area (Å²) < 4.78 is 13.2. The lowest BCUT2D eigenvalue weighted by atomic mass is 10.1. The van der Waals surface area contributed by atoms with Crippen molar-refractivity contribution in [1.29, 1.82) is 0 Å². The highest BCUT2D eigenvalue weighted by Gasteiger charge is 2.44. The van der Waals surface area contributed by atoms with Crippen LogP contribution < -0.4 is 8.43 Å². The minimum atomic E-state index is -0.265. The van der Waals surface area contributed by atoms with Gasteiger partial charge in [-0.15, -0.1) is 0 Å². The number of nitrogens with one attached hydrogen (secondary N) is 1. The molecule has 4 rings (SSSR count). The van der Waals surface area contributed by atoms with E-state index in [-0.39, 0.29) is 18.0 Å². The Hall–Kier alpha value is -2.17. The molecule has 0 atom stereocenters. The quantitative estimate of drug-likeness (QED) is 0.454. The molecule has 1 saturated carbocycles. The number of rotatable bonds is 5. The number of oxazole rings is 1. The van der Waals surface area contributed by atoms with Crippen LogP contribution >= 0.6 is 22.9 Å². The monoisotopic (exact) mass is 467 g/mol. The fourth-order valence-corrected chi connectivity index (χ4v) is 3.66. The Morgan fingerprint density at radius 3 is 2.73 bits per heavy atom. The van der Waals surface area contributed by atoms with Crippen LogP contribution in [0.15, 0.2) is 21.4 Å². The van der Waals surface area contributed by atoms with E-state index in [0.29, 0.717) is 39.9 Å². The zero-order valence-corrected chi connectivity index (χ0v) is 16.8. The van der Waals surface area contributed by atoms with Crippen LogP contribution in [0.5, 0.6) is 0 Å². The first-order valence-electron chi connectivity index (χ1n) is 8.29. The molecule has 3 aromatic heterocycles. The molecule has 26 heavy (non-hydrogen) atoms. The molecule has 0 radical (unpaired) electrons. The number of aromatic nitrogens is 3. The van der Waals surface area contributed by atoms with Crippen LogP contribution in [0.3, 0.4) is 0 Å². The largest absolute Gasteiger partial charge is 0.444 e. The zero-order valence-electron chi connectivity index (χ0n) is 14.7. The third-order valence-electron chi connectivity index (χ3n) is 4.57. The van der Waals surface area contributed by atoms with Crippen LogP contribution in [-0.4, -0.2) is 26.4 Å². The molecule has 1 aliphatic rings. The summed E-state index contributed by atoms with van der Waals surface area (Å²) in [5, 5.41) is 3.47. The van der Waals surface area contributed by atoms with Gasteiger partial charge in [0.15, 0.2) is 5.82 Å². The Bertz CT molecular complexity index is 992. The van der Waals surface area contributed by atoms with Gasteiger partial charge in [-0.05, 0) is 33.6 Å². The summed E-state index contributed by atoms with van der Waals surface area (Å²) >= 11 is 2.25. The highest BCUT2D eigenvalue weighted by molar-refractivity contribution is 14.1. The minimum Gasteiger partial charge on any atom is -0.444 e. The highest BCUT2D eigenvalue weighted by atomic mass is 127. The van der Waals surface area contributed by atoms with Crippen LogP contribution in [0.4, 0.5) is 5.82 Å². The standard InChI is InChI=1S/C17H18IN5O3/c1-9-6-19-11(25-9)7-20-15(24)12-10(2)26-16-13(12)14(21-8-22-16)23(18)17(3)4-5-17/h6,8H,4-5,7H2,1-3H3,(H,20,24). The van der Waals surface area contributed by atoms with Gasteiger partial charge in [0.1, 0.15) is 17.8 Å². The van der Waals surface area contributed by atoms with Crippen LogP contribution in [0.1, 0.15) is 47.5 Å². The molecule has 0 spiro atoms. The number of aryl methyl sites for hydroxylation is 2. The molecule has 0 unspecified atom stereocenters. The van der Waals surface area contributed by atoms with Gasteiger partial charge < -0.3 is 14.2 Å². The first kappa shape index (κ1) is 17.3. The number of fused-ring (bicyclic) bond motifs is 1. The first-order chi connectivity index (χ1) is 12.4. The van der Waals surface area contributed by atoms with Gasteiger partial charge >= 0.3 is 0 Å². The second-order valence-corrected chi connectivity index (χ2v) is 7.70. The Labute approximate surface area is 163 Å². The van der Waals surface area contributed by atoms with Gasteiger partial charge in [-0.3, -0.25) is 7.91 Å². The number of amides is 1. The summed E-state index contributed by atoms with van der Waals surface area (Å²) in [5.74, 6) is 2.10. The predicted molar refractivity (Wildman–Crippen MR) is 103 cm³/mol. The molecule has 3 aromatic rings. The van der Waals surface area contributed by atoms with E-state index in [1.165, 1.54) is 6.33 Å². The molecule has 1 amide bonds. The number of hydrogen-bond donors (Lipinski definition) is 1. The Morgan fingerprint density at radius 2 is 2.08 bits per heavy atom.